The zero-order chi connectivity index (χ0) is 15.4. The minimum absolute atomic E-state index is 0.182. The zero-order valence-corrected chi connectivity index (χ0v) is 13.9. The summed E-state index contributed by atoms with van der Waals surface area (Å²) in [5.41, 5.74) is 1.39. The van der Waals surface area contributed by atoms with E-state index in [1.165, 1.54) is 18.5 Å². The van der Waals surface area contributed by atoms with Crippen LogP contribution in [-0.2, 0) is 11.2 Å². The lowest BCUT2D eigenvalue weighted by Gasteiger charge is -2.41. The van der Waals surface area contributed by atoms with Crippen molar-refractivity contribution in [1.29, 1.82) is 0 Å². The summed E-state index contributed by atoms with van der Waals surface area (Å²) in [5, 5.41) is 3.85. The summed E-state index contributed by atoms with van der Waals surface area (Å²) in [4.78, 5) is 7.05. The first-order chi connectivity index (χ1) is 10.6. The Kier molecular flexibility index (Phi) is 5.11. The number of aromatic nitrogens is 1. The van der Waals surface area contributed by atoms with Gasteiger partial charge in [-0.1, -0.05) is 6.07 Å². The third-order valence-electron chi connectivity index (χ3n) is 5.01. The molecule has 0 spiro atoms. The highest BCUT2D eigenvalue weighted by Crippen LogP contribution is 2.34. The van der Waals surface area contributed by atoms with E-state index < -0.39 is 0 Å². The van der Waals surface area contributed by atoms with E-state index in [1.54, 1.807) is 0 Å². The van der Waals surface area contributed by atoms with Gasteiger partial charge in [-0.2, -0.15) is 0 Å². The number of rotatable bonds is 7. The van der Waals surface area contributed by atoms with Crippen LogP contribution in [0.4, 0.5) is 0 Å². The zero-order valence-electron chi connectivity index (χ0n) is 13.9. The van der Waals surface area contributed by atoms with Crippen molar-refractivity contribution in [2.75, 3.05) is 32.8 Å². The van der Waals surface area contributed by atoms with Gasteiger partial charge in [0.1, 0.15) is 0 Å². The second-order valence-corrected chi connectivity index (χ2v) is 7.26. The van der Waals surface area contributed by atoms with Crippen LogP contribution in [0.2, 0.25) is 0 Å². The van der Waals surface area contributed by atoms with E-state index >= 15 is 0 Å². The molecule has 1 aliphatic heterocycles. The number of ether oxygens (including phenoxy) is 1. The van der Waals surface area contributed by atoms with Crippen molar-refractivity contribution in [2.24, 2.45) is 5.92 Å². The summed E-state index contributed by atoms with van der Waals surface area (Å²) in [5.74, 6) is 0.836. The molecule has 122 valence electrons. The van der Waals surface area contributed by atoms with Gasteiger partial charge in [-0.15, -0.1) is 0 Å². The van der Waals surface area contributed by atoms with E-state index in [4.69, 9.17) is 4.74 Å². The Labute approximate surface area is 134 Å². The molecular formula is C18H29N3O. The number of hydrogen-bond acceptors (Lipinski definition) is 4. The van der Waals surface area contributed by atoms with E-state index in [1.807, 2.05) is 12.3 Å². The minimum Gasteiger partial charge on any atom is -0.379 e. The molecule has 0 radical (unpaired) electrons. The first kappa shape index (κ1) is 15.9. The summed E-state index contributed by atoms with van der Waals surface area (Å²) in [6, 6.07) is 6.79. The molecule has 2 aliphatic rings. The molecule has 1 saturated carbocycles. The van der Waals surface area contributed by atoms with E-state index in [-0.39, 0.29) is 5.54 Å². The summed E-state index contributed by atoms with van der Waals surface area (Å²) >= 11 is 0. The van der Waals surface area contributed by atoms with Crippen LogP contribution in [0.25, 0.3) is 0 Å². The number of nitrogens with one attached hydrogen (secondary N) is 1. The van der Waals surface area contributed by atoms with Crippen molar-refractivity contribution < 1.29 is 4.74 Å². The Balaban J connectivity index is 1.55. The first-order valence-corrected chi connectivity index (χ1v) is 8.61. The molecule has 4 nitrogen and oxygen atoms in total. The van der Waals surface area contributed by atoms with E-state index in [2.05, 4.69) is 41.2 Å². The third kappa shape index (κ3) is 4.28. The molecule has 22 heavy (non-hydrogen) atoms. The van der Waals surface area contributed by atoms with Crippen molar-refractivity contribution in [3.63, 3.8) is 0 Å². The van der Waals surface area contributed by atoms with Crippen LogP contribution >= 0.6 is 0 Å². The molecule has 1 aromatic rings. The van der Waals surface area contributed by atoms with Gasteiger partial charge in [0.2, 0.25) is 0 Å². The smallest absolute Gasteiger partial charge is 0.0594 e. The second-order valence-electron chi connectivity index (χ2n) is 7.26. The first-order valence-electron chi connectivity index (χ1n) is 8.61. The maximum Gasteiger partial charge on any atom is 0.0594 e. The number of nitrogens with zero attached hydrogens (tertiary/aromatic N) is 2. The summed E-state index contributed by atoms with van der Waals surface area (Å²) in [6.07, 6.45) is 5.67. The van der Waals surface area contributed by atoms with Gasteiger partial charge in [0.25, 0.3) is 0 Å². The molecule has 1 aliphatic carbocycles. The van der Waals surface area contributed by atoms with E-state index in [0.717, 1.165) is 45.2 Å². The van der Waals surface area contributed by atoms with Crippen molar-refractivity contribution >= 4 is 0 Å². The quantitative estimate of drug-likeness (QED) is 0.837. The maximum atomic E-state index is 5.48. The van der Waals surface area contributed by atoms with Gasteiger partial charge in [0.05, 0.1) is 13.2 Å². The number of hydrogen-bond donors (Lipinski definition) is 1. The largest absolute Gasteiger partial charge is 0.379 e. The Hall–Kier alpha value is -0.970. The molecule has 0 bridgehead atoms. The summed E-state index contributed by atoms with van der Waals surface area (Å²) in [7, 11) is 0. The molecule has 1 aromatic heterocycles. The van der Waals surface area contributed by atoms with E-state index in [9.17, 15) is 0 Å². The monoisotopic (exact) mass is 303 g/mol. The average Bonchev–Trinajstić information content (AvgIpc) is 3.38. The Bertz CT molecular complexity index is 453. The molecule has 0 unspecified atom stereocenters. The average molecular weight is 303 g/mol. The predicted molar refractivity (Wildman–Crippen MR) is 88.9 cm³/mol. The number of morpholine rings is 1. The Morgan fingerprint density at radius 3 is 2.73 bits per heavy atom. The highest BCUT2D eigenvalue weighted by molar-refractivity contribution is 5.07. The van der Waals surface area contributed by atoms with Gasteiger partial charge in [-0.25, -0.2) is 0 Å². The SMILES string of the molecule is CC(C)(CN[C@@H](Cc1ccccn1)C1CC1)N1CCOCC1. The van der Waals surface area contributed by atoms with E-state index in [0.29, 0.717) is 6.04 Å². The molecule has 0 aromatic carbocycles. The van der Waals surface area contributed by atoms with Crippen molar-refractivity contribution in [1.82, 2.24) is 15.2 Å². The van der Waals surface area contributed by atoms with Gasteiger partial charge < -0.3 is 10.1 Å². The maximum absolute atomic E-state index is 5.48. The predicted octanol–water partition coefficient (Wildman–Crippen LogP) is 2.10. The Morgan fingerprint density at radius 1 is 1.32 bits per heavy atom. The lowest BCUT2D eigenvalue weighted by atomic mass is 9.99. The van der Waals surface area contributed by atoms with Gasteiger partial charge in [-0.3, -0.25) is 9.88 Å². The second kappa shape index (κ2) is 7.07. The normalized spacial score (nSPS) is 21.7. The fourth-order valence-electron chi connectivity index (χ4n) is 3.31. The third-order valence-corrected chi connectivity index (χ3v) is 5.01. The fraction of sp³-hybridized carbons (Fsp3) is 0.722. The minimum atomic E-state index is 0.182. The highest BCUT2D eigenvalue weighted by atomic mass is 16.5. The van der Waals surface area contributed by atoms with Crippen molar-refractivity contribution in [2.45, 2.75) is 44.7 Å². The summed E-state index contributed by atoms with van der Waals surface area (Å²) in [6.45, 7) is 9.53. The lowest BCUT2D eigenvalue weighted by Crippen LogP contribution is -2.56. The molecular weight excluding hydrogens is 274 g/mol. The molecule has 4 heteroatoms. The molecule has 1 saturated heterocycles. The van der Waals surface area contributed by atoms with Crippen LogP contribution in [0.3, 0.4) is 0 Å². The Morgan fingerprint density at radius 2 is 2.09 bits per heavy atom. The van der Waals surface area contributed by atoms with Crippen LogP contribution in [0.15, 0.2) is 24.4 Å². The van der Waals surface area contributed by atoms with Crippen molar-refractivity contribution in [3.8, 4) is 0 Å². The van der Waals surface area contributed by atoms with Crippen LogP contribution in [-0.4, -0.2) is 54.3 Å². The molecule has 0 amide bonds. The summed E-state index contributed by atoms with van der Waals surface area (Å²) < 4.78 is 5.48. The van der Waals surface area contributed by atoms with Crippen LogP contribution < -0.4 is 5.32 Å². The van der Waals surface area contributed by atoms with Crippen molar-refractivity contribution in [3.05, 3.63) is 30.1 Å². The molecule has 1 N–H and O–H groups in total. The molecule has 2 heterocycles. The molecule has 3 rings (SSSR count). The topological polar surface area (TPSA) is 37.4 Å². The molecule has 2 fully saturated rings. The lowest BCUT2D eigenvalue weighted by molar-refractivity contribution is -0.0105. The van der Waals surface area contributed by atoms with Crippen LogP contribution in [0.5, 0.6) is 0 Å². The van der Waals surface area contributed by atoms with Crippen LogP contribution in [0, 0.1) is 5.92 Å². The van der Waals surface area contributed by atoms with Gasteiger partial charge in [-0.05, 0) is 44.7 Å². The standard InChI is InChI=1S/C18H29N3O/c1-18(2,21-9-11-22-12-10-21)14-20-17(15-6-7-15)13-16-5-3-4-8-19-16/h3-5,8,15,17,20H,6-7,9-14H2,1-2H3/t17-/m0/s1. The fourth-order valence-corrected chi connectivity index (χ4v) is 3.31. The van der Waals surface area contributed by atoms with Gasteiger partial charge >= 0.3 is 0 Å². The van der Waals surface area contributed by atoms with Crippen LogP contribution in [0.1, 0.15) is 32.4 Å². The molecule has 1 atom stereocenters. The van der Waals surface area contributed by atoms with Gasteiger partial charge in [0, 0.05) is 49.5 Å². The van der Waals surface area contributed by atoms with Gasteiger partial charge in [0.15, 0.2) is 0 Å². The number of pyridine rings is 1. The highest BCUT2D eigenvalue weighted by Gasteiger charge is 2.34.